The van der Waals surface area contributed by atoms with Gasteiger partial charge in [0.25, 0.3) is 5.56 Å². The van der Waals surface area contributed by atoms with Gasteiger partial charge >= 0.3 is 5.69 Å². The van der Waals surface area contributed by atoms with E-state index in [4.69, 9.17) is 4.74 Å². The summed E-state index contributed by atoms with van der Waals surface area (Å²) < 4.78 is 10.6. The van der Waals surface area contributed by atoms with Crippen LogP contribution in [-0.2, 0) is 25.4 Å². The second-order valence-corrected chi connectivity index (χ2v) is 7.93. The van der Waals surface area contributed by atoms with Gasteiger partial charge in [-0.25, -0.2) is 13.9 Å². The Morgan fingerprint density at radius 3 is 2.38 bits per heavy atom. The van der Waals surface area contributed by atoms with Crippen molar-refractivity contribution in [3.63, 3.8) is 0 Å². The molecule has 0 aliphatic heterocycles. The molecule has 10 heteroatoms. The van der Waals surface area contributed by atoms with E-state index in [1.807, 2.05) is 36.5 Å². The molecule has 0 radical (unpaired) electrons. The number of carbonyl (C=O) groups is 1. The van der Waals surface area contributed by atoms with Crippen LogP contribution in [0.1, 0.15) is 0 Å². The SMILES string of the molecule is COc1ccc(NC(=O)Cn2nc3n(C)c(=O)c4c(c(-c5ccccc5)cn4C)n3c2=O)cc1. The maximum Gasteiger partial charge on any atom is 0.352 e. The molecule has 0 fully saturated rings. The number of aromatic nitrogens is 5. The Labute approximate surface area is 193 Å². The minimum atomic E-state index is -0.510. The number of anilines is 1. The first-order valence-corrected chi connectivity index (χ1v) is 10.6. The quantitative estimate of drug-likeness (QED) is 0.434. The van der Waals surface area contributed by atoms with Crippen molar-refractivity contribution in [3.05, 3.63) is 81.6 Å². The lowest BCUT2D eigenvalue weighted by Gasteiger charge is -2.05. The number of nitrogens with zero attached hydrogens (tertiary/aromatic N) is 5. The zero-order chi connectivity index (χ0) is 24.0. The number of aryl methyl sites for hydroxylation is 2. The Balaban J connectivity index is 1.62. The van der Waals surface area contributed by atoms with Crippen LogP contribution in [0.5, 0.6) is 5.75 Å². The topological polar surface area (TPSA) is 105 Å². The maximum absolute atomic E-state index is 13.4. The monoisotopic (exact) mass is 458 g/mol. The number of nitrogens with one attached hydrogen (secondary N) is 1. The molecule has 172 valence electrons. The Morgan fingerprint density at radius 2 is 1.71 bits per heavy atom. The van der Waals surface area contributed by atoms with E-state index in [1.165, 1.54) is 8.97 Å². The number of benzene rings is 2. The van der Waals surface area contributed by atoms with E-state index in [0.29, 0.717) is 22.5 Å². The molecule has 0 saturated carbocycles. The summed E-state index contributed by atoms with van der Waals surface area (Å²) in [4.78, 5) is 39.2. The lowest BCUT2D eigenvalue weighted by Crippen LogP contribution is -2.29. The molecule has 0 aliphatic rings. The largest absolute Gasteiger partial charge is 0.497 e. The summed E-state index contributed by atoms with van der Waals surface area (Å²) in [5, 5.41) is 7.06. The van der Waals surface area contributed by atoms with E-state index in [0.717, 1.165) is 15.8 Å². The van der Waals surface area contributed by atoms with E-state index >= 15 is 0 Å². The maximum atomic E-state index is 13.4. The van der Waals surface area contributed by atoms with E-state index in [1.54, 1.807) is 50.0 Å². The van der Waals surface area contributed by atoms with Crippen molar-refractivity contribution in [1.29, 1.82) is 0 Å². The van der Waals surface area contributed by atoms with Gasteiger partial charge in [-0.2, -0.15) is 0 Å². The van der Waals surface area contributed by atoms with Gasteiger partial charge in [0.05, 0.1) is 12.6 Å². The second-order valence-electron chi connectivity index (χ2n) is 7.93. The normalized spacial score (nSPS) is 11.3. The Hall–Kier alpha value is -4.60. The average Bonchev–Trinajstić information content (AvgIpc) is 3.35. The molecular weight excluding hydrogens is 436 g/mol. The summed E-state index contributed by atoms with van der Waals surface area (Å²) in [5.41, 5.74) is 2.18. The molecule has 1 amide bonds. The summed E-state index contributed by atoms with van der Waals surface area (Å²) >= 11 is 0. The van der Waals surface area contributed by atoms with Crippen molar-refractivity contribution in [1.82, 2.24) is 23.3 Å². The number of methoxy groups -OCH3 is 1. The van der Waals surface area contributed by atoms with Crippen LogP contribution >= 0.6 is 0 Å². The van der Waals surface area contributed by atoms with Gasteiger partial charge in [0, 0.05) is 31.5 Å². The van der Waals surface area contributed by atoms with Gasteiger partial charge in [-0.15, -0.1) is 5.10 Å². The zero-order valence-electron chi connectivity index (χ0n) is 18.8. The number of rotatable bonds is 5. The van der Waals surface area contributed by atoms with Crippen molar-refractivity contribution in [2.24, 2.45) is 14.1 Å². The van der Waals surface area contributed by atoms with Crippen molar-refractivity contribution in [3.8, 4) is 16.9 Å². The molecule has 10 nitrogen and oxygen atoms in total. The fraction of sp³-hybridized carbons (Fsp3) is 0.167. The van der Waals surface area contributed by atoms with Crippen LogP contribution in [0.3, 0.4) is 0 Å². The second kappa shape index (κ2) is 8.07. The molecule has 0 aliphatic carbocycles. The summed E-state index contributed by atoms with van der Waals surface area (Å²) in [6, 6.07) is 16.4. The smallest absolute Gasteiger partial charge is 0.352 e. The molecule has 0 spiro atoms. The Morgan fingerprint density at radius 1 is 1.00 bits per heavy atom. The first-order valence-electron chi connectivity index (χ1n) is 10.6. The van der Waals surface area contributed by atoms with Gasteiger partial charge in [0.15, 0.2) is 0 Å². The highest BCUT2D eigenvalue weighted by molar-refractivity contribution is 5.94. The minimum absolute atomic E-state index is 0.156. The van der Waals surface area contributed by atoms with Crippen LogP contribution in [0.2, 0.25) is 0 Å². The number of fused-ring (bicyclic) bond motifs is 3. The van der Waals surface area contributed by atoms with Crippen LogP contribution in [0, 0.1) is 0 Å². The molecule has 5 aromatic rings. The summed E-state index contributed by atoms with van der Waals surface area (Å²) in [6.07, 6.45) is 1.82. The molecule has 0 atom stereocenters. The predicted molar refractivity (Wildman–Crippen MR) is 128 cm³/mol. The molecule has 1 N–H and O–H groups in total. The predicted octanol–water partition coefficient (Wildman–Crippen LogP) is 2.00. The lowest BCUT2D eigenvalue weighted by molar-refractivity contribution is -0.117. The highest BCUT2D eigenvalue weighted by atomic mass is 16.5. The van der Waals surface area contributed by atoms with Crippen molar-refractivity contribution >= 4 is 28.4 Å². The molecule has 2 aromatic carbocycles. The minimum Gasteiger partial charge on any atom is -0.497 e. The molecule has 5 rings (SSSR count). The molecule has 0 saturated heterocycles. The van der Waals surface area contributed by atoms with Gasteiger partial charge in [0.1, 0.15) is 17.8 Å². The molecule has 34 heavy (non-hydrogen) atoms. The standard InChI is InChI=1S/C24H22N6O4/c1-27-13-18(15-7-5-4-6-8-15)20-21(27)22(32)28(2)23-26-29(24(33)30(20)23)14-19(31)25-16-9-11-17(34-3)12-10-16/h4-13H,14H2,1-3H3,(H,25,31). The van der Waals surface area contributed by atoms with Gasteiger partial charge < -0.3 is 14.6 Å². The van der Waals surface area contributed by atoms with Crippen LogP contribution in [0.15, 0.2) is 70.4 Å². The number of carbonyl (C=O) groups excluding carboxylic acids is 1. The fourth-order valence-electron chi connectivity index (χ4n) is 4.09. The van der Waals surface area contributed by atoms with E-state index in [-0.39, 0.29) is 17.9 Å². The van der Waals surface area contributed by atoms with Crippen LogP contribution in [0.25, 0.3) is 27.9 Å². The van der Waals surface area contributed by atoms with Crippen molar-refractivity contribution < 1.29 is 9.53 Å². The zero-order valence-corrected chi connectivity index (χ0v) is 18.8. The van der Waals surface area contributed by atoms with E-state index in [9.17, 15) is 14.4 Å². The molecule has 0 unspecified atom stereocenters. The molecule has 3 heterocycles. The van der Waals surface area contributed by atoms with Gasteiger partial charge in [0.2, 0.25) is 11.7 Å². The van der Waals surface area contributed by atoms with Crippen LogP contribution in [0.4, 0.5) is 5.69 Å². The third-order valence-corrected chi connectivity index (χ3v) is 5.76. The Bertz CT molecular complexity index is 1660. The molecule has 0 bridgehead atoms. The first kappa shape index (κ1) is 21.3. The van der Waals surface area contributed by atoms with E-state index in [2.05, 4.69) is 10.4 Å². The number of hydrogen-bond donors (Lipinski definition) is 1. The van der Waals surface area contributed by atoms with Crippen molar-refractivity contribution in [2.45, 2.75) is 6.54 Å². The van der Waals surface area contributed by atoms with Crippen molar-refractivity contribution in [2.75, 3.05) is 12.4 Å². The number of amides is 1. The highest BCUT2D eigenvalue weighted by Gasteiger charge is 2.22. The highest BCUT2D eigenvalue weighted by Crippen LogP contribution is 2.28. The lowest BCUT2D eigenvalue weighted by atomic mass is 10.1. The number of ether oxygens (including phenoxy) is 1. The third-order valence-electron chi connectivity index (χ3n) is 5.76. The van der Waals surface area contributed by atoms with Crippen LogP contribution in [-0.4, -0.2) is 36.3 Å². The molecular formula is C24H22N6O4. The third kappa shape index (κ3) is 3.36. The summed E-state index contributed by atoms with van der Waals surface area (Å²) in [7, 11) is 4.88. The summed E-state index contributed by atoms with van der Waals surface area (Å²) in [5.74, 6) is 0.396. The van der Waals surface area contributed by atoms with Gasteiger partial charge in [-0.1, -0.05) is 30.3 Å². The average molecular weight is 458 g/mol. The first-order chi connectivity index (χ1) is 16.4. The van der Waals surface area contributed by atoms with Crippen LogP contribution < -0.4 is 21.3 Å². The Kier molecular flexibility index (Phi) is 5.05. The molecule has 3 aromatic heterocycles. The van der Waals surface area contributed by atoms with Gasteiger partial charge in [-0.3, -0.25) is 14.2 Å². The number of hydrogen-bond acceptors (Lipinski definition) is 5. The fourth-order valence-corrected chi connectivity index (χ4v) is 4.09. The van der Waals surface area contributed by atoms with Gasteiger partial charge in [-0.05, 0) is 29.8 Å². The van der Waals surface area contributed by atoms with E-state index < -0.39 is 11.6 Å². The summed E-state index contributed by atoms with van der Waals surface area (Å²) in [6.45, 7) is -0.310.